The second-order valence-electron chi connectivity index (χ2n) is 5.66. The molecule has 2 atom stereocenters. The summed E-state index contributed by atoms with van der Waals surface area (Å²) in [6.45, 7) is 2.40. The van der Waals surface area contributed by atoms with Crippen molar-refractivity contribution >= 4 is 10.9 Å². The van der Waals surface area contributed by atoms with Gasteiger partial charge in [-0.1, -0.05) is 18.2 Å². The van der Waals surface area contributed by atoms with Gasteiger partial charge >= 0.3 is 0 Å². The molecule has 4 rings (SSSR count). The molecule has 0 amide bonds. The van der Waals surface area contributed by atoms with Gasteiger partial charge in [-0.25, -0.2) is 0 Å². The zero-order valence-corrected chi connectivity index (χ0v) is 10.00. The number of H-pyrrole nitrogens is 1. The molecule has 17 heavy (non-hydrogen) atoms. The molecule has 2 N–H and O–H groups in total. The molecule has 2 aromatic rings. The molecule has 0 saturated carbocycles. The lowest BCUT2D eigenvalue weighted by atomic mass is 9.88. The molecule has 1 aliphatic heterocycles. The number of hydrogen-bond acceptors (Lipinski definition) is 1. The van der Waals surface area contributed by atoms with Gasteiger partial charge in [0.15, 0.2) is 0 Å². The largest absolute Gasteiger partial charge is 0.358 e. The van der Waals surface area contributed by atoms with Crippen molar-refractivity contribution in [3.05, 3.63) is 35.5 Å². The van der Waals surface area contributed by atoms with Gasteiger partial charge in [-0.3, -0.25) is 0 Å². The fourth-order valence-electron chi connectivity index (χ4n) is 3.68. The van der Waals surface area contributed by atoms with Crippen molar-refractivity contribution in [2.24, 2.45) is 11.8 Å². The molecule has 1 aromatic heterocycles. The van der Waals surface area contributed by atoms with Gasteiger partial charge in [0.05, 0.1) is 0 Å². The van der Waals surface area contributed by atoms with Crippen LogP contribution in [0.5, 0.6) is 0 Å². The number of fused-ring (bicyclic) bond motifs is 5. The molecule has 2 heterocycles. The third-order valence-corrected chi connectivity index (χ3v) is 4.42. The van der Waals surface area contributed by atoms with E-state index in [2.05, 4.69) is 34.6 Å². The van der Waals surface area contributed by atoms with Gasteiger partial charge in [-0.2, -0.15) is 0 Å². The molecular weight excluding hydrogens is 208 g/mol. The number of hydrogen-bond donors (Lipinski definition) is 2. The fourth-order valence-corrected chi connectivity index (χ4v) is 3.68. The van der Waals surface area contributed by atoms with E-state index in [4.69, 9.17) is 0 Å². The molecule has 2 heteroatoms. The summed E-state index contributed by atoms with van der Waals surface area (Å²) in [4.78, 5) is 3.64. The smallest absolute Gasteiger partial charge is 0.0458 e. The lowest BCUT2D eigenvalue weighted by Gasteiger charge is -2.27. The average molecular weight is 226 g/mol. The van der Waals surface area contributed by atoms with Crippen LogP contribution in [0.2, 0.25) is 0 Å². The number of aromatic amines is 1. The summed E-state index contributed by atoms with van der Waals surface area (Å²) in [6.07, 6.45) is 3.89. The summed E-state index contributed by atoms with van der Waals surface area (Å²) in [7, 11) is 0. The summed E-state index contributed by atoms with van der Waals surface area (Å²) >= 11 is 0. The van der Waals surface area contributed by atoms with Crippen molar-refractivity contribution < 1.29 is 0 Å². The standard InChI is InChI=1S/C15H18N2/c1-2-4-14-12(3-1)13-6-10-5-11(9-16-8-10)7-15(13)17-14/h1-4,10-11,16-17H,5-9H2. The Morgan fingerprint density at radius 2 is 1.82 bits per heavy atom. The number of benzene rings is 1. The highest BCUT2D eigenvalue weighted by Crippen LogP contribution is 2.34. The molecular formula is C15H18N2. The fraction of sp³-hybridized carbons (Fsp3) is 0.467. The van der Waals surface area contributed by atoms with Crippen molar-refractivity contribution in [3.63, 3.8) is 0 Å². The molecule has 1 aromatic carbocycles. The summed E-state index contributed by atoms with van der Waals surface area (Å²) in [5.74, 6) is 1.68. The van der Waals surface area contributed by atoms with Crippen LogP contribution >= 0.6 is 0 Å². The number of piperidine rings is 1. The van der Waals surface area contributed by atoms with Crippen LogP contribution in [0, 0.1) is 11.8 Å². The zero-order chi connectivity index (χ0) is 11.2. The third kappa shape index (κ3) is 1.51. The minimum atomic E-state index is 0.836. The normalized spacial score (nSPS) is 27.8. The Morgan fingerprint density at radius 3 is 2.76 bits per heavy atom. The lowest BCUT2D eigenvalue weighted by molar-refractivity contribution is 0.294. The molecule has 2 aliphatic rings. The molecule has 88 valence electrons. The topological polar surface area (TPSA) is 27.8 Å². The number of nitrogens with one attached hydrogen (secondary N) is 2. The van der Waals surface area contributed by atoms with Gasteiger partial charge in [-0.15, -0.1) is 0 Å². The quantitative estimate of drug-likeness (QED) is 0.709. The molecule has 1 fully saturated rings. The van der Waals surface area contributed by atoms with E-state index in [0.717, 1.165) is 11.8 Å². The van der Waals surface area contributed by atoms with E-state index >= 15 is 0 Å². The van der Waals surface area contributed by atoms with E-state index in [0.29, 0.717) is 0 Å². The second-order valence-corrected chi connectivity index (χ2v) is 5.66. The Hall–Kier alpha value is -1.28. The lowest BCUT2D eigenvalue weighted by Crippen LogP contribution is -2.36. The van der Waals surface area contributed by atoms with Gasteiger partial charge in [-0.05, 0) is 55.8 Å². The first-order valence-electron chi connectivity index (χ1n) is 6.69. The van der Waals surface area contributed by atoms with E-state index < -0.39 is 0 Å². The van der Waals surface area contributed by atoms with Crippen LogP contribution in [-0.2, 0) is 12.8 Å². The van der Waals surface area contributed by atoms with Crippen molar-refractivity contribution in [1.82, 2.24) is 10.3 Å². The third-order valence-electron chi connectivity index (χ3n) is 4.42. The monoisotopic (exact) mass is 226 g/mol. The van der Waals surface area contributed by atoms with Crippen LogP contribution in [0.3, 0.4) is 0 Å². The average Bonchev–Trinajstić information content (AvgIpc) is 2.62. The van der Waals surface area contributed by atoms with Gasteiger partial charge in [0.25, 0.3) is 0 Å². The highest BCUT2D eigenvalue weighted by Gasteiger charge is 2.28. The number of aromatic nitrogens is 1. The van der Waals surface area contributed by atoms with Crippen LogP contribution in [-0.4, -0.2) is 18.1 Å². The number of para-hydroxylation sites is 1. The van der Waals surface area contributed by atoms with Gasteiger partial charge in [0, 0.05) is 16.6 Å². The van der Waals surface area contributed by atoms with E-state index in [1.165, 1.54) is 48.9 Å². The van der Waals surface area contributed by atoms with Crippen LogP contribution in [0.1, 0.15) is 17.7 Å². The zero-order valence-electron chi connectivity index (χ0n) is 10.00. The Balaban J connectivity index is 1.88. The second kappa shape index (κ2) is 3.61. The van der Waals surface area contributed by atoms with Crippen LogP contribution < -0.4 is 5.32 Å². The first-order chi connectivity index (χ1) is 8.40. The van der Waals surface area contributed by atoms with Crippen molar-refractivity contribution in [2.45, 2.75) is 19.3 Å². The Bertz CT molecular complexity index is 555. The highest BCUT2D eigenvalue weighted by molar-refractivity contribution is 5.84. The summed E-state index contributed by atoms with van der Waals surface area (Å²) in [5, 5.41) is 5.04. The maximum absolute atomic E-state index is 3.64. The van der Waals surface area contributed by atoms with Crippen LogP contribution in [0.15, 0.2) is 24.3 Å². The summed E-state index contributed by atoms with van der Waals surface area (Å²) < 4.78 is 0. The highest BCUT2D eigenvalue weighted by atomic mass is 14.9. The Morgan fingerprint density at radius 1 is 1.00 bits per heavy atom. The molecule has 1 saturated heterocycles. The van der Waals surface area contributed by atoms with Gasteiger partial charge < -0.3 is 10.3 Å². The Labute approximate surface area is 101 Å². The van der Waals surface area contributed by atoms with E-state index in [-0.39, 0.29) is 0 Å². The van der Waals surface area contributed by atoms with E-state index in [1.807, 2.05) is 0 Å². The predicted octanol–water partition coefficient (Wildman–Crippen LogP) is 2.49. The van der Waals surface area contributed by atoms with Gasteiger partial charge in [0.2, 0.25) is 0 Å². The maximum Gasteiger partial charge on any atom is 0.0458 e. The van der Waals surface area contributed by atoms with Crippen LogP contribution in [0.4, 0.5) is 0 Å². The predicted molar refractivity (Wildman–Crippen MR) is 70.2 cm³/mol. The molecule has 1 aliphatic carbocycles. The Kier molecular flexibility index (Phi) is 2.06. The molecule has 0 radical (unpaired) electrons. The maximum atomic E-state index is 3.64. The molecule has 0 spiro atoms. The van der Waals surface area contributed by atoms with Crippen LogP contribution in [0.25, 0.3) is 10.9 Å². The first-order valence-corrected chi connectivity index (χ1v) is 6.69. The van der Waals surface area contributed by atoms with Crippen molar-refractivity contribution in [2.75, 3.05) is 13.1 Å². The summed E-state index contributed by atoms with van der Waals surface area (Å²) in [5.41, 5.74) is 4.42. The molecule has 2 bridgehead atoms. The van der Waals surface area contributed by atoms with Gasteiger partial charge in [0.1, 0.15) is 0 Å². The van der Waals surface area contributed by atoms with Crippen molar-refractivity contribution in [1.29, 1.82) is 0 Å². The minimum absolute atomic E-state index is 0.836. The molecule has 2 unspecified atom stereocenters. The molecule has 2 nitrogen and oxygen atoms in total. The summed E-state index contributed by atoms with van der Waals surface area (Å²) in [6, 6.07) is 8.76. The SMILES string of the molecule is c1ccc2c3c([nH]c2c1)CC1CNCC(C3)C1. The first kappa shape index (κ1) is 9.72. The van der Waals surface area contributed by atoms with Crippen molar-refractivity contribution in [3.8, 4) is 0 Å². The number of rotatable bonds is 0. The van der Waals surface area contributed by atoms with E-state index in [1.54, 1.807) is 5.56 Å². The minimum Gasteiger partial charge on any atom is -0.358 e. The van der Waals surface area contributed by atoms with E-state index in [9.17, 15) is 0 Å².